The van der Waals surface area contributed by atoms with Crippen molar-refractivity contribution in [1.82, 2.24) is 16.0 Å². The van der Waals surface area contributed by atoms with E-state index in [1.807, 2.05) is 44.2 Å². The first-order chi connectivity index (χ1) is 15.3. The molecule has 0 saturated carbocycles. The maximum absolute atomic E-state index is 12.6. The van der Waals surface area contributed by atoms with Crippen molar-refractivity contribution in [3.05, 3.63) is 35.9 Å². The molecule has 0 radical (unpaired) electrons. The van der Waals surface area contributed by atoms with Crippen LogP contribution in [0, 0.1) is 11.8 Å². The molecule has 0 spiro atoms. The van der Waals surface area contributed by atoms with Crippen molar-refractivity contribution in [1.29, 1.82) is 0 Å². The summed E-state index contributed by atoms with van der Waals surface area (Å²) in [7, 11) is 0. The Hall–Kier alpha value is -2.65. The van der Waals surface area contributed by atoms with Crippen LogP contribution in [0.1, 0.15) is 53.5 Å². The molecule has 0 saturated heterocycles. The first-order valence-corrected chi connectivity index (χ1v) is 11.2. The van der Waals surface area contributed by atoms with Gasteiger partial charge in [0.15, 0.2) is 0 Å². The van der Waals surface area contributed by atoms with E-state index in [4.69, 9.17) is 4.74 Å². The molecule has 0 aliphatic heterocycles. The minimum atomic E-state index is -1.24. The highest BCUT2D eigenvalue weighted by atomic mass is 16.6. The van der Waals surface area contributed by atoms with Crippen molar-refractivity contribution in [3.8, 4) is 0 Å². The Labute approximate surface area is 196 Å². The molecule has 186 valence electrons. The van der Waals surface area contributed by atoms with Gasteiger partial charge in [0.25, 0.3) is 0 Å². The highest BCUT2D eigenvalue weighted by Gasteiger charge is 2.31. The second-order valence-corrected chi connectivity index (χ2v) is 9.57. The number of aliphatic hydroxyl groups is 2. The van der Waals surface area contributed by atoms with E-state index >= 15 is 0 Å². The summed E-state index contributed by atoms with van der Waals surface area (Å²) in [5, 5.41) is 28.2. The number of hydrogen-bond donors (Lipinski definition) is 5. The Balaban J connectivity index is 2.67. The lowest BCUT2D eigenvalue weighted by molar-refractivity contribution is -0.127. The molecule has 0 aliphatic carbocycles. The fourth-order valence-corrected chi connectivity index (χ4v) is 3.19. The maximum atomic E-state index is 12.6. The molecule has 3 amide bonds. The van der Waals surface area contributed by atoms with Crippen LogP contribution in [-0.4, -0.2) is 58.5 Å². The molecule has 0 aliphatic rings. The molecule has 0 fully saturated rings. The number of hydrogen-bond acceptors (Lipinski definition) is 6. The number of amides is 3. The zero-order valence-corrected chi connectivity index (χ0v) is 20.4. The predicted octanol–water partition coefficient (Wildman–Crippen LogP) is 1.72. The number of carbonyl (C=O) groups is 3. The molecular weight excluding hydrogens is 426 g/mol. The Morgan fingerprint density at radius 2 is 1.61 bits per heavy atom. The van der Waals surface area contributed by atoms with Gasteiger partial charge in [-0.3, -0.25) is 9.59 Å². The van der Waals surface area contributed by atoms with Gasteiger partial charge >= 0.3 is 6.09 Å². The average Bonchev–Trinajstić information content (AvgIpc) is 2.72. The SMILES string of the molecule is CC(C)[C@H](NC(=O)[C@H](CO)NC(=O)OC(C)(C)C)[C@@H](O)C[C@@H](C)C(=O)NCc1ccccc1. The van der Waals surface area contributed by atoms with Crippen LogP contribution in [0.15, 0.2) is 30.3 Å². The van der Waals surface area contributed by atoms with Crippen molar-refractivity contribution in [2.24, 2.45) is 11.8 Å². The summed E-state index contributed by atoms with van der Waals surface area (Å²) in [6.45, 7) is 10.2. The van der Waals surface area contributed by atoms with E-state index in [0.29, 0.717) is 6.54 Å². The summed E-state index contributed by atoms with van der Waals surface area (Å²) in [5.41, 5.74) is 0.215. The second-order valence-electron chi connectivity index (χ2n) is 9.57. The van der Waals surface area contributed by atoms with Gasteiger partial charge in [0.2, 0.25) is 11.8 Å². The van der Waals surface area contributed by atoms with Crippen molar-refractivity contribution < 1.29 is 29.3 Å². The zero-order valence-electron chi connectivity index (χ0n) is 20.4. The van der Waals surface area contributed by atoms with Gasteiger partial charge in [0, 0.05) is 12.5 Å². The molecule has 0 unspecified atom stereocenters. The van der Waals surface area contributed by atoms with Crippen LogP contribution in [0.3, 0.4) is 0 Å². The van der Waals surface area contributed by atoms with Gasteiger partial charge in [-0.25, -0.2) is 4.79 Å². The van der Waals surface area contributed by atoms with Gasteiger partial charge in [-0.05, 0) is 38.7 Å². The molecule has 33 heavy (non-hydrogen) atoms. The van der Waals surface area contributed by atoms with E-state index < -0.39 is 48.3 Å². The number of ether oxygens (including phenoxy) is 1. The van der Waals surface area contributed by atoms with Gasteiger partial charge in [0.1, 0.15) is 11.6 Å². The molecule has 1 aromatic carbocycles. The van der Waals surface area contributed by atoms with E-state index in [1.165, 1.54) is 0 Å². The van der Waals surface area contributed by atoms with E-state index in [0.717, 1.165) is 5.56 Å². The lowest BCUT2D eigenvalue weighted by Gasteiger charge is -2.30. The standard InChI is InChI=1S/C24H39N3O6/c1-15(2)20(27-22(31)18(14-28)26-23(32)33-24(4,5)6)19(29)12-16(3)21(30)25-13-17-10-8-7-9-11-17/h7-11,15-16,18-20,28-29H,12-14H2,1-6H3,(H,25,30)(H,26,32)(H,27,31)/t16-,18+,19+,20+/m1/s1. The van der Waals surface area contributed by atoms with E-state index in [1.54, 1.807) is 27.7 Å². The van der Waals surface area contributed by atoms with Crippen molar-refractivity contribution in [3.63, 3.8) is 0 Å². The lowest BCUT2D eigenvalue weighted by Crippen LogP contribution is -2.56. The fraction of sp³-hybridized carbons (Fsp3) is 0.625. The normalized spacial score (nSPS) is 15.2. The number of alkyl carbamates (subject to hydrolysis) is 1. The van der Waals surface area contributed by atoms with Crippen LogP contribution in [0.2, 0.25) is 0 Å². The van der Waals surface area contributed by atoms with Crippen LogP contribution in [0.25, 0.3) is 0 Å². The van der Waals surface area contributed by atoms with Crippen molar-refractivity contribution >= 4 is 17.9 Å². The molecule has 0 bridgehead atoms. The number of carbonyl (C=O) groups excluding carboxylic acids is 3. The quantitative estimate of drug-likeness (QED) is 0.337. The molecule has 0 aromatic heterocycles. The fourth-order valence-electron chi connectivity index (χ4n) is 3.19. The second kappa shape index (κ2) is 13.2. The molecule has 0 heterocycles. The van der Waals surface area contributed by atoms with E-state index in [-0.39, 0.29) is 18.2 Å². The molecule has 9 nitrogen and oxygen atoms in total. The van der Waals surface area contributed by atoms with Crippen LogP contribution >= 0.6 is 0 Å². The van der Waals surface area contributed by atoms with Crippen LogP contribution in [0.5, 0.6) is 0 Å². The van der Waals surface area contributed by atoms with Crippen LogP contribution in [-0.2, 0) is 20.9 Å². The van der Waals surface area contributed by atoms with E-state index in [2.05, 4.69) is 16.0 Å². The third-order valence-electron chi connectivity index (χ3n) is 4.98. The lowest BCUT2D eigenvalue weighted by atomic mass is 9.91. The van der Waals surface area contributed by atoms with Crippen molar-refractivity contribution in [2.75, 3.05) is 6.61 Å². The topological polar surface area (TPSA) is 137 Å². The first kappa shape index (κ1) is 28.4. The molecule has 9 heteroatoms. The summed E-state index contributed by atoms with van der Waals surface area (Å²) < 4.78 is 5.12. The molecule has 5 N–H and O–H groups in total. The number of aliphatic hydroxyl groups excluding tert-OH is 2. The summed E-state index contributed by atoms with van der Waals surface area (Å²) in [4.78, 5) is 37.0. The number of nitrogens with one attached hydrogen (secondary N) is 3. The van der Waals surface area contributed by atoms with Gasteiger partial charge in [0.05, 0.1) is 18.8 Å². The highest BCUT2D eigenvalue weighted by molar-refractivity contribution is 5.86. The third-order valence-corrected chi connectivity index (χ3v) is 4.98. The number of benzene rings is 1. The Bertz CT molecular complexity index is 763. The summed E-state index contributed by atoms with van der Waals surface area (Å²) in [5.74, 6) is -1.51. The van der Waals surface area contributed by atoms with Crippen LogP contribution in [0.4, 0.5) is 4.79 Å². The Morgan fingerprint density at radius 1 is 1.00 bits per heavy atom. The smallest absolute Gasteiger partial charge is 0.408 e. The van der Waals surface area contributed by atoms with Crippen molar-refractivity contribution in [2.45, 2.75) is 78.3 Å². The van der Waals surface area contributed by atoms with Crippen LogP contribution < -0.4 is 16.0 Å². The van der Waals surface area contributed by atoms with Gasteiger partial charge in [-0.15, -0.1) is 0 Å². The molecular formula is C24H39N3O6. The summed E-state index contributed by atoms with van der Waals surface area (Å²) in [6.07, 6.45) is -1.71. The zero-order chi connectivity index (χ0) is 25.2. The molecule has 1 aromatic rings. The van der Waals surface area contributed by atoms with Gasteiger partial charge in [-0.1, -0.05) is 51.1 Å². The molecule has 4 atom stereocenters. The number of rotatable bonds is 11. The summed E-state index contributed by atoms with van der Waals surface area (Å²) >= 11 is 0. The highest BCUT2D eigenvalue weighted by Crippen LogP contribution is 2.16. The minimum Gasteiger partial charge on any atom is -0.444 e. The largest absolute Gasteiger partial charge is 0.444 e. The molecule has 1 rings (SSSR count). The van der Waals surface area contributed by atoms with E-state index in [9.17, 15) is 24.6 Å². The maximum Gasteiger partial charge on any atom is 0.408 e. The van der Waals surface area contributed by atoms with Gasteiger partial charge < -0.3 is 30.9 Å². The minimum absolute atomic E-state index is 0.132. The predicted molar refractivity (Wildman–Crippen MR) is 125 cm³/mol. The Morgan fingerprint density at radius 3 is 2.12 bits per heavy atom. The van der Waals surface area contributed by atoms with Gasteiger partial charge in [-0.2, -0.15) is 0 Å². The average molecular weight is 466 g/mol. The monoisotopic (exact) mass is 465 g/mol. The first-order valence-electron chi connectivity index (χ1n) is 11.2. The summed E-state index contributed by atoms with van der Waals surface area (Å²) in [6, 6.07) is 7.58. The Kier molecular flexibility index (Phi) is 11.3. The third kappa shape index (κ3) is 10.7.